The first kappa shape index (κ1) is 12.8. The van der Waals surface area contributed by atoms with Gasteiger partial charge < -0.3 is 9.64 Å². The number of nitrogens with zero attached hydrogens (tertiary/aromatic N) is 1. The summed E-state index contributed by atoms with van der Waals surface area (Å²) in [6.45, 7) is 4.32. The summed E-state index contributed by atoms with van der Waals surface area (Å²) in [5, 5.41) is 0.598. The van der Waals surface area contributed by atoms with E-state index >= 15 is 0 Å². The molecule has 0 fully saturated rings. The second-order valence-corrected chi connectivity index (χ2v) is 4.01. The van der Waals surface area contributed by atoms with Gasteiger partial charge in [-0.3, -0.25) is 4.79 Å². The molecule has 1 amide bonds. The van der Waals surface area contributed by atoms with Gasteiger partial charge in [0.05, 0.1) is 0 Å². The van der Waals surface area contributed by atoms with Crippen molar-refractivity contribution in [3.8, 4) is 5.75 Å². The molecular formula is C12H16ClNO2. The molecule has 0 radical (unpaired) electrons. The van der Waals surface area contributed by atoms with Crippen molar-refractivity contribution < 1.29 is 9.53 Å². The Labute approximate surface area is 101 Å². The predicted molar refractivity (Wildman–Crippen MR) is 64.9 cm³/mol. The normalized spacial score (nSPS) is 12.0. The Bertz CT molecular complexity index is 368. The van der Waals surface area contributed by atoms with E-state index in [2.05, 4.69) is 0 Å². The summed E-state index contributed by atoms with van der Waals surface area (Å²) < 4.78 is 5.50. The number of hydrogen-bond donors (Lipinski definition) is 0. The highest BCUT2D eigenvalue weighted by Crippen LogP contribution is 2.18. The molecule has 1 atom stereocenters. The van der Waals surface area contributed by atoms with Gasteiger partial charge in [0.15, 0.2) is 6.10 Å². The third-order valence-electron chi connectivity index (χ3n) is 2.31. The molecule has 0 heterocycles. The zero-order valence-corrected chi connectivity index (χ0v) is 10.5. The number of amides is 1. The maximum Gasteiger partial charge on any atom is 0.263 e. The van der Waals surface area contributed by atoms with E-state index in [1.54, 1.807) is 43.1 Å². The Hall–Kier alpha value is -1.22. The van der Waals surface area contributed by atoms with Crippen LogP contribution < -0.4 is 4.74 Å². The summed E-state index contributed by atoms with van der Waals surface area (Å²) in [4.78, 5) is 13.4. The summed E-state index contributed by atoms with van der Waals surface area (Å²) in [7, 11) is 1.75. The van der Waals surface area contributed by atoms with E-state index in [0.717, 1.165) is 0 Å². The SMILES string of the molecule is CCN(C)C(=O)C(C)Oc1cccc(Cl)c1. The minimum atomic E-state index is -0.497. The quantitative estimate of drug-likeness (QED) is 0.811. The van der Waals surface area contributed by atoms with Crippen molar-refractivity contribution in [2.75, 3.05) is 13.6 Å². The van der Waals surface area contributed by atoms with Crippen LogP contribution in [-0.2, 0) is 4.79 Å². The third-order valence-corrected chi connectivity index (χ3v) is 2.54. The van der Waals surface area contributed by atoms with Crippen LogP contribution in [0.1, 0.15) is 13.8 Å². The Kier molecular flexibility index (Phi) is 4.62. The first-order valence-corrected chi connectivity index (χ1v) is 5.59. The van der Waals surface area contributed by atoms with Crippen LogP contribution in [0.25, 0.3) is 0 Å². The molecule has 1 unspecified atom stereocenters. The minimum Gasteiger partial charge on any atom is -0.481 e. The molecule has 1 aromatic rings. The maximum absolute atomic E-state index is 11.7. The van der Waals surface area contributed by atoms with Crippen LogP contribution >= 0.6 is 11.6 Å². The second-order valence-electron chi connectivity index (χ2n) is 3.57. The maximum atomic E-state index is 11.7. The summed E-state index contributed by atoms with van der Waals surface area (Å²) in [6, 6.07) is 7.02. The van der Waals surface area contributed by atoms with E-state index in [-0.39, 0.29) is 5.91 Å². The molecule has 0 saturated carbocycles. The van der Waals surface area contributed by atoms with Crippen molar-refractivity contribution in [1.82, 2.24) is 4.90 Å². The van der Waals surface area contributed by atoms with Gasteiger partial charge in [-0.1, -0.05) is 17.7 Å². The van der Waals surface area contributed by atoms with Crippen molar-refractivity contribution in [2.24, 2.45) is 0 Å². The van der Waals surface area contributed by atoms with Gasteiger partial charge in [0.1, 0.15) is 5.75 Å². The summed E-state index contributed by atoms with van der Waals surface area (Å²) in [6.07, 6.45) is -0.497. The number of benzene rings is 1. The molecule has 16 heavy (non-hydrogen) atoms. The zero-order valence-electron chi connectivity index (χ0n) is 9.74. The van der Waals surface area contributed by atoms with Gasteiger partial charge in [0.2, 0.25) is 0 Å². The molecule has 88 valence electrons. The van der Waals surface area contributed by atoms with E-state index in [1.807, 2.05) is 6.92 Å². The molecule has 0 aromatic heterocycles. The molecule has 0 aliphatic carbocycles. The highest BCUT2D eigenvalue weighted by molar-refractivity contribution is 6.30. The first-order valence-electron chi connectivity index (χ1n) is 5.21. The van der Waals surface area contributed by atoms with Gasteiger partial charge in [-0.05, 0) is 32.0 Å². The van der Waals surface area contributed by atoms with Crippen LogP contribution in [0, 0.1) is 0 Å². The lowest BCUT2D eigenvalue weighted by Gasteiger charge is -2.20. The molecule has 0 bridgehead atoms. The van der Waals surface area contributed by atoms with E-state index in [1.165, 1.54) is 0 Å². The average Bonchev–Trinajstić information content (AvgIpc) is 2.27. The van der Waals surface area contributed by atoms with Crippen LogP contribution in [0.15, 0.2) is 24.3 Å². The summed E-state index contributed by atoms with van der Waals surface area (Å²) in [5.74, 6) is 0.570. The molecule has 1 aromatic carbocycles. The number of carbonyl (C=O) groups is 1. The largest absolute Gasteiger partial charge is 0.481 e. The Morgan fingerprint density at radius 1 is 1.56 bits per heavy atom. The molecule has 0 aliphatic heterocycles. The van der Waals surface area contributed by atoms with Crippen molar-refractivity contribution in [1.29, 1.82) is 0 Å². The molecule has 0 aliphatic rings. The Morgan fingerprint density at radius 2 is 2.25 bits per heavy atom. The number of likely N-dealkylation sites (N-methyl/N-ethyl adjacent to an activating group) is 1. The van der Waals surface area contributed by atoms with Crippen molar-refractivity contribution in [2.45, 2.75) is 20.0 Å². The van der Waals surface area contributed by atoms with Crippen LogP contribution in [0.3, 0.4) is 0 Å². The number of ether oxygens (including phenoxy) is 1. The standard InChI is InChI=1S/C12H16ClNO2/c1-4-14(3)12(15)9(2)16-11-7-5-6-10(13)8-11/h5-9H,4H2,1-3H3. The van der Waals surface area contributed by atoms with Crippen LogP contribution in [-0.4, -0.2) is 30.5 Å². The fourth-order valence-electron chi connectivity index (χ4n) is 1.26. The molecule has 1 rings (SSSR count). The highest BCUT2D eigenvalue weighted by Gasteiger charge is 2.17. The third kappa shape index (κ3) is 3.42. The summed E-state index contributed by atoms with van der Waals surface area (Å²) >= 11 is 5.82. The number of halogens is 1. The monoisotopic (exact) mass is 241 g/mol. The summed E-state index contributed by atoms with van der Waals surface area (Å²) in [5.41, 5.74) is 0. The fourth-order valence-corrected chi connectivity index (χ4v) is 1.44. The van der Waals surface area contributed by atoms with E-state index in [4.69, 9.17) is 16.3 Å². The lowest BCUT2D eigenvalue weighted by atomic mass is 10.3. The topological polar surface area (TPSA) is 29.5 Å². The molecule has 4 heteroatoms. The van der Waals surface area contributed by atoms with Gasteiger partial charge in [-0.25, -0.2) is 0 Å². The lowest BCUT2D eigenvalue weighted by Crippen LogP contribution is -2.37. The average molecular weight is 242 g/mol. The fraction of sp³-hybridized carbons (Fsp3) is 0.417. The molecule has 0 saturated heterocycles. The molecule has 0 N–H and O–H groups in total. The number of hydrogen-bond acceptors (Lipinski definition) is 2. The van der Waals surface area contributed by atoms with Gasteiger partial charge in [-0.2, -0.15) is 0 Å². The highest BCUT2D eigenvalue weighted by atomic mass is 35.5. The van der Waals surface area contributed by atoms with Crippen molar-refractivity contribution in [3.63, 3.8) is 0 Å². The number of rotatable bonds is 4. The minimum absolute atomic E-state index is 0.0394. The number of carbonyl (C=O) groups excluding carboxylic acids is 1. The van der Waals surface area contributed by atoms with E-state index < -0.39 is 6.10 Å². The molecule has 3 nitrogen and oxygen atoms in total. The predicted octanol–water partition coefficient (Wildman–Crippen LogP) is 2.59. The van der Waals surface area contributed by atoms with Gasteiger partial charge in [-0.15, -0.1) is 0 Å². The second kappa shape index (κ2) is 5.75. The van der Waals surface area contributed by atoms with Crippen LogP contribution in [0.4, 0.5) is 0 Å². The first-order chi connectivity index (χ1) is 7.54. The van der Waals surface area contributed by atoms with Crippen molar-refractivity contribution in [3.05, 3.63) is 29.3 Å². The van der Waals surface area contributed by atoms with E-state index in [0.29, 0.717) is 17.3 Å². The van der Waals surface area contributed by atoms with Crippen molar-refractivity contribution >= 4 is 17.5 Å². The Balaban J connectivity index is 2.64. The van der Waals surface area contributed by atoms with Gasteiger partial charge >= 0.3 is 0 Å². The van der Waals surface area contributed by atoms with Crippen LogP contribution in [0.2, 0.25) is 5.02 Å². The smallest absolute Gasteiger partial charge is 0.263 e. The Morgan fingerprint density at radius 3 is 2.81 bits per heavy atom. The van der Waals surface area contributed by atoms with Gasteiger partial charge in [0.25, 0.3) is 5.91 Å². The van der Waals surface area contributed by atoms with Crippen LogP contribution in [0.5, 0.6) is 5.75 Å². The molecular weight excluding hydrogens is 226 g/mol. The molecule has 0 spiro atoms. The lowest BCUT2D eigenvalue weighted by molar-refractivity contribution is -0.136. The van der Waals surface area contributed by atoms with E-state index in [9.17, 15) is 4.79 Å². The van der Waals surface area contributed by atoms with Gasteiger partial charge in [0, 0.05) is 18.6 Å². The zero-order chi connectivity index (χ0) is 12.1.